The van der Waals surface area contributed by atoms with E-state index in [1.807, 2.05) is 0 Å². The molecular formula is C23H33FN4O4. The fourth-order valence-corrected chi connectivity index (χ4v) is 2.63. The van der Waals surface area contributed by atoms with Gasteiger partial charge in [-0.05, 0) is 43.2 Å². The second kappa shape index (κ2) is 15.4. The SMILES string of the molecule is CCCCCCCC(=O)O.CCOC(=O)Nc1ccc(NCc2ccc(F)cc2)nc1N. The molecule has 5 N–H and O–H groups in total. The van der Waals surface area contributed by atoms with Gasteiger partial charge in [-0.1, -0.05) is 44.7 Å². The fraction of sp³-hybridized carbons (Fsp3) is 0.435. The molecule has 0 aliphatic carbocycles. The molecule has 1 amide bonds. The highest BCUT2D eigenvalue weighted by molar-refractivity contribution is 5.88. The standard InChI is InChI=1S/C15H17FN4O2.C8H16O2/c1-2-22-15(21)19-12-7-8-13(20-14(12)17)18-9-10-3-5-11(16)6-4-10;1-2-3-4-5-6-7-8(9)10/h3-8H,2,9H2,1H3,(H,19,21)(H3,17,18,20);2-7H2,1H3,(H,9,10). The third-order valence-electron chi connectivity index (χ3n) is 4.32. The van der Waals surface area contributed by atoms with Gasteiger partial charge in [-0.25, -0.2) is 14.2 Å². The smallest absolute Gasteiger partial charge is 0.411 e. The number of rotatable bonds is 11. The Morgan fingerprint density at radius 2 is 1.75 bits per heavy atom. The highest BCUT2D eigenvalue weighted by atomic mass is 19.1. The van der Waals surface area contributed by atoms with Crippen LogP contribution < -0.4 is 16.4 Å². The maximum absolute atomic E-state index is 12.8. The van der Waals surface area contributed by atoms with E-state index in [-0.39, 0.29) is 18.2 Å². The molecule has 0 saturated carbocycles. The predicted octanol–water partition coefficient (Wildman–Crippen LogP) is 5.41. The van der Waals surface area contributed by atoms with E-state index in [0.29, 0.717) is 24.5 Å². The number of carboxylic acids is 1. The zero-order chi connectivity index (χ0) is 23.8. The van der Waals surface area contributed by atoms with Crippen molar-refractivity contribution in [3.63, 3.8) is 0 Å². The Labute approximate surface area is 188 Å². The van der Waals surface area contributed by atoms with E-state index in [1.54, 1.807) is 31.2 Å². The van der Waals surface area contributed by atoms with Crippen molar-refractivity contribution < 1.29 is 23.8 Å². The first kappa shape index (κ1) is 26.7. The van der Waals surface area contributed by atoms with Crippen LogP contribution >= 0.6 is 0 Å². The first-order valence-electron chi connectivity index (χ1n) is 10.8. The lowest BCUT2D eigenvalue weighted by molar-refractivity contribution is -0.137. The molecule has 0 radical (unpaired) electrons. The molecule has 1 aromatic carbocycles. The van der Waals surface area contributed by atoms with Gasteiger partial charge in [-0.15, -0.1) is 0 Å². The molecule has 0 saturated heterocycles. The summed E-state index contributed by atoms with van der Waals surface area (Å²) >= 11 is 0. The zero-order valence-corrected chi connectivity index (χ0v) is 18.7. The molecule has 2 rings (SSSR count). The van der Waals surface area contributed by atoms with Crippen molar-refractivity contribution in [3.05, 3.63) is 47.8 Å². The lowest BCUT2D eigenvalue weighted by Gasteiger charge is -2.10. The average Bonchev–Trinajstić information content (AvgIpc) is 2.75. The lowest BCUT2D eigenvalue weighted by atomic mass is 10.1. The summed E-state index contributed by atoms with van der Waals surface area (Å²) in [5.41, 5.74) is 7.08. The van der Waals surface area contributed by atoms with Gasteiger partial charge in [0.05, 0.1) is 12.3 Å². The summed E-state index contributed by atoms with van der Waals surface area (Å²) < 4.78 is 17.6. The molecule has 8 nitrogen and oxygen atoms in total. The van der Waals surface area contributed by atoms with Crippen LogP contribution in [-0.2, 0) is 16.1 Å². The average molecular weight is 449 g/mol. The van der Waals surface area contributed by atoms with E-state index in [4.69, 9.17) is 15.6 Å². The third-order valence-corrected chi connectivity index (χ3v) is 4.32. The van der Waals surface area contributed by atoms with Crippen molar-refractivity contribution in [2.24, 2.45) is 0 Å². The van der Waals surface area contributed by atoms with Crippen molar-refractivity contribution in [2.45, 2.75) is 58.9 Å². The normalized spacial score (nSPS) is 9.97. The Hall–Kier alpha value is -3.36. The maximum Gasteiger partial charge on any atom is 0.411 e. The number of nitrogens with two attached hydrogens (primary N) is 1. The summed E-state index contributed by atoms with van der Waals surface area (Å²) in [5.74, 6) is -0.217. The summed E-state index contributed by atoms with van der Waals surface area (Å²) in [6.07, 6.45) is 5.30. The third kappa shape index (κ3) is 11.7. The van der Waals surface area contributed by atoms with Crippen LogP contribution in [0.3, 0.4) is 0 Å². The first-order valence-corrected chi connectivity index (χ1v) is 10.8. The minimum Gasteiger partial charge on any atom is -0.481 e. The van der Waals surface area contributed by atoms with E-state index in [1.165, 1.54) is 31.4 Å². The van der Waals surface area contributed by atoms with Crippen LogP contribution in [0.25, 0.3) is 0 Å². The van der Waals surface area contributed by atoms with Gasteiger partial charge in [0.2, 0.25) is 0 Å². The van der Waals surface area contributed by atoms with E-state index in [9.17, 15) is 14.0 Å². The Kier molecular flexibility index (Phi) is 12.9. The molecule has 0 bridgehead atoms. The lowest BCUT2D eigenvalue weighted by Crippen LogP contribution is -2.15. The number of nitrogen functional groups attached to an aromatic ring is 1. The summed E-state index contributed by atoms with van der Waals surface area (Å²) in [5, 5.41) is 13.8. The van der Waals surface area contributed by atoms with Gasteiger partial charge in [-0.3, -0.25) is 10.1 Å². The fourth-order valence-electron chi connectivity index (χ4n) is 2.63. The highest BCUT2D eigenvalue weighted by Gasteiger charge is 2.07. The molecule has 0 fully saturated rings. The minimum atomic E-state index is -0.670. The molecule has 0 atom stereocenters. The van der Waals surface area contributed by atoms with Gasteiger partial charge in [0, 0.05) is 13.0 Å². The molecule has 9 heteroatoms. The van der Waals surface area contributed by atoms with Gasteiger partial charge in [0.1, 0.15) is 17.5 Å². The quantitative estimate of drug-likeness (QED) is 0.338. The molecule has 2 aromatic rings. The van der Waals surface area contributed by atoms with Crippen molar-refractivity contribution in [3.8, 4) is 0 Å². The zero-order valence-electron chi connectivity index (χ0n) is 18.7. The van der Waals surface area contributed by atoms with Gasteiger partial charge < -0.3 is 20.9 Å². The Morgan fingerprint density at radius 3 is 2.34 bits per heavy atom. The Bertz CT molecular complexity index is 831. The molecule has 0 spiro atoms. The van der Waals surface area contributed by atoms with E-state index >= 15 is 0 Å². The van der Waals surface area contributed by atoms with Gasteiger partial charge in [0.15, 0.2) is 0 Å². The maximum atomic E-state index is 12.8. The molecular weight excluding hydrogens is 415 g/mol. The number of unbranched alkanes of at least 4 members (excludes halogenated alkanes) is 4. The number of carbonyl (C=O) groups excluding carboxylic acids is 1. The number of benzene rings is 1. The number of amides is 1. The number of hydrogen-bond donors (Lipinski definition) is 4. The number of nitrogens with one attached hydrogen (secondary N) is 2. The monoisotopic (exact) mass is 448 g/mol. The van der Waals surface area contributed by atoms with Crippen molar-refractivity contribution in [1.29, 1.82) is 0 Å². The van der Waals surface area contributed by atoms with Crippen molar-refractivity contribution in [2.75, 3.05) is 23.0 Å². The summed E-state index contributed by atoms with van der Waals surface area (Å²) in [7, 11) is 0. The van der Waals surface area contributed by atoms with Crippen LogP contribution in [0.1, 0.15) is 57.9 Å². The van der Waals surface area contributed by atoms with Crippen molar-refractivity contribution >= 4 is 29.4 Å². The number of hydrogen-bond acceptors (Lipinski definition) is 6. The molecule has 1 aromatic heterocycles. The number of ether oxygens (including phenoxy) is 1. The molecule has 0 unspecified atom stereocenters. The number of carbonyl (C=O) groups is 2. The van der Waals surface area contributed by atoms with Crippen LogP contribution in [-0.4, -0.2) is 28.8 Å². The van der Waals surface area contributed by atoms with Crippen LogP contribution in [0, 0.1) is 5.82 Å². The second-order valence-corrected chi connectivity index (χ2v) is 7.01. The van der Waals surface area contributed by atoms with Crippen LogP contribution in [0.4, 0.5) is 26.5 Å². The highest BCUT2D eigenvalue weighted by Crippen LogP contribution is 2.19. The topological polar surface area (TPSA) is 127 Å². The second-order valence-electron chi connectivity index (χ2n) is 7.01. The van der Waals surface area contributed by atoms with Crippen molar-refractivity contribution in [1.82, 2.24) is 4.98 Å². The number of nitrogens with zero attached hydrogens (tertiary/aromatic N) is 1. The molecule has 32 heavy (non-hydrogen) atoms. The number of aromatic nitrogens is 1. The van der Waals surface area contributed by atoms with Gasteiger partial charge in [-0.2, -0.15) is 0 Å². The van der Waals surface area contributed by atoms with Gasteiger partial charge >= 0.3 is 12.1 Å². The predicted molar refractivity (Wildman–Crippen MR) is 124 cm³/mol. The Morgan fingerprint density at radius 1 is 1.06 bits per heavy atom. The van der Waals surface area contributed by atoms with Gasteiger partial charge in [0.25, 0.3) is 0 Å². The Balaban J connectivity index is 0.000000433. The number of pyridine rings is 1. The van der Waals surface area contributed by atoms with E-state index in [2.05, 4.69) is 22.5 Å². The molecule has 0 aliphatic heterocycles. The first-order chi connectivity index (χ1) is 15.3. The number of carboxylic acid groups (broad SMARTS) is 1. The van der Waals surface area contributed by atoms with Crippen LogP contribution in [0.5, 0.6) is 0 Å². The minimum absolute atomic E-state index is 0.178. The van der Waals surface area contributed by atoms with Crippen LogP contribution in [0.15, 0.2) is 36.4 Å². The van der Waals surface area contributed by atoms with Crippen LogP contribution in [0.2, 0.25) is 0 Å². The molecule has 1 heterocycles. The molecule has 176 valence electrons. The number of halogens is 1. The summed E-state index contributed by atoms with van der Waals surface area (Å²) in [6.45, 7) is 4.62. The summed E-state index contributed by atoms with van der Waals surface area (Å²) in [6, 6.07) is 9.47. The van der Waals surface area contributed by atoms with E-state index in [0.717, 1.165) is 18.4 Å². The number of anilines is 3. The summed E-state index contributed by atoms with van der Waals surface area (Å²) in [4.78, 5) is 25.5. The molecule has 0 aliphatic rings. The number of aliphatic carboxylic acids is 1. The van der Waals surface area contributed by atoms with E-state index < -0.39 is 12.1 Å². The largest absolute Gasteiger partial charge is 0.481 e.